The Bertz CT molecular complexity index is 906. The van der Waals surface area contributed by atoms with Crippen molar-refractivity contribution in [2.24, 2.45) is 0 Å². The fourth-order valence-electron chi connectivity index (χ4n) is 3.27. The Morgan fingerprint density at radius 3 is 2.45 bits per heavy atom. The molecule has 2 amide bonds. The zero-order chi connectivity index (χ0) is 20.8. The predicted octanol–water partition coefficient (Wildman–Crippen LogP) is 2.72. The number of nitrogens with one attached hydrogen (secondary N) is 1. The number of carbonyl (C=O) groups is 3. The number of rotatable bonds is 6. The van der Waals surface area contributed by atoms with Crippen molar-refractivity contribution in [1.29, 1.82) is 0 Å². The van der Waals surface area contributed by atoms with Crippen molar-refractivity contribution >= 4 is 34.7 Å². The molecule has 1 saturated heterocycles. The average molecular weight is 395 g/mol. The number of Topliss-reactive ketones (excluding diaryl/α,β-unsaturated/α-hetero) is 1. The largest absolute Gasteiger partial charge is 0.378 e. The van der Waals surface area contributed by atoms with E-state index in [-0.39, 0.29) is 24.1 Å². The van der Waals surface area contributed by atoms with E-state index in [1.165, 1.54) is 18.7 Å². The maximum atomic E-state index is 12.7. The highest BCUT2D eigenvalue weighted by Crippen LogP contribution is 2.26. The number of nitrogens with zero attached hydrogens (tertiary/aromatic N) is 2. The molecule has 7 heteroatoms. The lowest BCUT2D eigenvalue weighted by molar-refractivity contribution is -0.120. The fraction of sp³-hybridized carbons (Fsp3) is 0.318. The first-order valence-corrected chi connectivity index (χ1v) is 9.56. The molecule has 7 nitrogen and oxygen atoms in total. The number of hydrogen-bond donors (Lipinski definition) is 1. The summed E-state index contributed by atoms with van der Waals surface area (Å²) in [6, 6.07) is 14.3. The summed E-state index contributed by atoms with van der Waals surface area (Å²) in [6.45, 7) is 5.52. The van der Waals surface area contributed by atoms with E-state index in [2.05, 4.69) is 10.2 Å². The van der Waals surface area contributed by atoms with E-state index in [1.807, 2.05) is 24.3 Å². The summed E-state index contributed by atoms with van der Waals surface area (Å²) >= 11 is 0. The summed E-state index contributed by atoms with van der Waals surface area (Å²) in [4.78, 5) is 40.1. The normalized spacial score (nSPS) is 13.7. The molecule has 0 atom stereocenters. The number of ketones is 1. The van der Waals surface area contributed by atoms with Crippen molar-refractivity contribution in [3.63, 3.8) is 0 Å². The van der Waals surface area contributed by atoms with Crippen molar-refractivity contribution in [1.82, 2.24) is 0 Å². The summed E-state index contributed by atoms with van der Waals surface area (Å²) < 4.78 is 5.40. The molecule has 0 aliphatic carbocycles. The van der Waals surface area contributed by atoms with Gasteiger partial charge in [-0.2, -0.15) is 0 Å². The highest BCUT2D eigenvalue weighted by molar-refractivity contribution is 6.04. The second-order valence-electron chi connectivity index (χ2n) is 6.88. The van der Waals surface area contributed by atoms with Gasteiger partial charge in [-0.05, 0) is 31.2 Å². The van der Waals surface area contributed by atoms with Crippen LogP contribution in [0.15, 0.2) is 48.5 Å². The predicted molar refractivity (Wildman–Crippen MR) is 113 cm³/mol. The Morgan fingerprint density at radius 1 is 1.03 bits per heavy atom. The van der Waals surface area contributed by atoms with Gasteiger partial charge in [0.05, 0.1) is 24.6 Å². The molecule has 0 bridgehead atoms. The molecule has 0 aromatic heterocycles. The molecular weight excluding hydrogens is 370 g/mol. The van der Waals surface area contributed by atoms with E-state index in [1.54, 1.807) is 24.3 Å². The number of benzene rings is 2. The second-order valence-corrected chi connectivity index (χ2v) is 6.88. The number of amides is 2. The molecule has 0 saturated carbocycles. The van der Waals surface area contributed by atoms with E-state index in [9.17, 15) is 14.4 Å². The molecule has 1 fully saturated rings. The van der Waals surface area contributed by atoms with Crippen LogP contribution in [0, 0.1) is 0 Å². The van der Waals surface area contributed by atoms with E-state index in [0.717, 1.165) is 18.8 Å². The van der Waals surface area contributed by atoms with Gasteiger partial charge in [0.15, 0.2) is 5.78 Å². The molecule has 1 N–H and O–H groups in total. The molecule has 29 heavy (non-hydrogen) atoms. The van der Waals surface area contributed by atoms with Crippen LogP contribution in [0.3, 0.4) is 0 Å². The first kappa shape index (κ1) is 20.5. The number of carbonyl (C=O) groups excluding carboxylic acids is 3. The summed E-state index contributed by atoms with van der Waals surface area (Å²) in [7, 11) is 0. The lowest BCUT2D eigenvalue weighted by Gasteiger charge is -2.30. The minimum atomic E-state index is -0.311. The van der Waals surface area contributed by atoms with Crippen LogP contribution in [0.4, 0.5) is 17.1 Å². The molecule has 0 radical (unpaired) electrons. The third-order valence-corrected chi connectivity index (χ3v) is 4.78. The minimum Gasteiger partial charge on any atom is -0.378 e. The third kappa shape index (κ3) is 5.20. The van der Waals surface area contributed by atoms with Gasteiger partial charge in [0.1, 0.15) is 6.54 Å². The number of morpholine rings is 1. The van der Waals surface area contributed by atoms with Crippen LogP contribution >= 0.6 is 0 Å². The number of anilines is 3. The van der Waals surface area contributed by atoms with E-state index in [4.69, 9.17) is 4.74 Å². The maximum absolute atomic E-state index is 12.7. The summed E-state index contributed by atoms with van der Waals surface area (Å²) in [5.41, 5.74) is 2.63. The van der Waals surface area contributed by atoms with Crippen molar-refractivity contribution in [2.75, 3.05) is 48.0 Å². The Hall–Kier alpha value is -3.19. The van der Waals surface area contributed by atoms with Gasteiger partial charge in [-0.1, -0.05) is 24.3 Å². The summed E-state index contributed by atoms with van der Waals surface area (Å²) in [6.07, 6.45) is 0. The lowest BCUT2D eigenvalue weighted by atomic mass is 10.1. The molecule has 0 spiro atoms. The van der Waals surface area contributed by atoms with Crippen LogP contribution in [0.25, 0.3) is 0 Å². The van der Waals surface area contributed by atoms with E-state index < -0.39 is 0 Å². The molecule has 3 rings (SSSR count). The number of ether oxygens (including phenoxy) is 1. The Morgan fingerprint density at radius 2 is 1.76 bits per heavy atom. The zero-order valence-corrected chi connectivity index (χ0v) is 16.7. The molecule has 0 unspecified atom stereocenters. The topological polar surface area (TPSA) is 79.0 Å². The Balaban J connectivity index is 1.76. The van der Waals surface area contributed by atoms with Crippen molar-refractivity contribution in [2.45, 2.75) is 13.8 Å². The summed E-state index contributed by atoms with van der Waals surface area (Å²) in [5, 5.41) is 2.92. The molecule has 1 heterocycles. The molecule has 2 aromatic carbocycles. The summed E-state index contributed by atoms with van der Waals surface area (Å²) in [5.74, 6) is -0.685. The Labute approximate surface area is 170 Å². The van der Waals surface area contributed by atoms with Crippen LogP contribution in [0.5, 0.6) is 0 Å². The second kappa shape index (κ2) is 9.34. The Kier molecular flexibility index (Phi) is 6.61. The average Bonchev–Trinajstić information content (AvgIpc) is 2.73. The van der Waals surface area contributed by atoms with E-state index in [0.29, 0.717) is 30.2 Å². The van der Waals surface area contributed by atoms with Gasteiger partial charge in [-0.3, -0.25) is 14.4 Å². The molecule has 1 aliphatic rings. The van der Waals surface area contributed by atoms with Gasteiger partial charge < -0.3 is 19.9 Å². The highest BCUT2D eigenvalue weighted by atomic mass is 16.5. The SMILES string of the molecule is CC(=O)c1cccc(N(CC(=O)Nc2ccccc2N2CCOCC2)C(C)=O)c1. The van der Waals surface area contributed by atoms with Gasteiger partial charge in [-0.15, -0.1) is 0 Å². The fourth-order valence-corrected chi connectivity index (χ4v) is 3.27. The van der Waals surface area contributed by atoms with Gasteiger partial charge in [0.25, 0.3) is 0 Å². The molecule has 2 aromatic rings. The van der Waals surface area contributed by atoms with Crippen LogP contribution in [-0.4, -0.2) is 50.4 Å². The van der Waals surface area contributed by atoms with Crippen molar-refractivity contribution < 1.29 is 19.1 Å². The van der Waals surface area contributed by atoms with Crippen LogP contribution < -0.4 is 15.1 Å². The number of para-hydroxylation sites is 2. The van der Waals surface area contributed by atoms with Gasteiger partial charge >= 0.3 is 0 Å². The van der Waals surface area contributed by atoms with Crippen LogP contribution in [0.2, 0.25) is 0 Å². The molecule has 1 aliphatic heterocycles. The van der Waals surface area contributed by atoms with Crippen LogP contribution in [0.1, 0.15) is 24.2 Å². The van der Waals surface area contributed by atoms with Gasteiger partial charge in [0.2, 0.25) is 11.8 Å². The molecule has 152 valence electrons. The standard InChI is InChI=1S/C22H25N3O4/c1-16(26)18-6-5-7-19(14-18)25(17(2)27)15-22(28)23-20-8-3-4-9-21(20)24-10-12-29-13-11-24/h3-9,14H,10-13,15H2,1-2H3,(H,23,28). The van der Waals surface area contributed by atoms with Gasteiger partial charge in [0, 0.05) is 31.3 Å². The third-order valence-electron chi connectivity index (χ3n) is 4.78. The first-order chi connectivity index (χ1) is 14.0. The maximum Gasteiger partial charge on any atom is 0.244 e. The lowest BCUT2D eigenvalue weighted by Crippen LogP contribution is -2.38. The minimum absolute atomic E-state index is 0.0979. The van der Waals surface area contributed by atoms with Crippen molar-refractivity contribution in [3.8, 4) is 0 Å². The first-order valence-electron chi connectivity index (χ1n) is 9.56. The monoisotopic (exact) mass is 395 g/mol. The molecular formula is C22H25N3O4. The smallest absolute Gasteiger partial charge is 0.244 e. The van der Waals surface area contributed by atoms with Crippen LogP contribution in [-0.2, 0) is 14.3 Å². The van der Waals surface area contributed by atoms with Gasteiger partial charge in [-0.25, -0.2) is 0 Å². The number of hydrogen-bond acceptors (Lipinski definition) is 5. The van der Waals surface area contributed by atoms with Crippen molar-refractivity contribution in [3.05, 3.63) is 54.1 Å². The van der Waals surface area contributed by atoms with E-state index >= 15 is 0 Å². The quantitative estimate of drug-likeness (QED) is 0.761. The zero-order valence-electron chi connectivity index (χ0n) is 16.7. The highest BCUT2D eigenvalue weighted by Gasteiger charge is 2.19.